The molecule has 9 aromatic carbocycles. The van der Waals surface area contributed by atoms with Crippen LogP contribution in [0.1, 0.15) is 98.8 Å². The Kier molecular flexibility index (Phi) is 27.6. The van der Waals surface area contributed by atoms with Crippen LogP contribution >= 0.6 is 11.6 Å². The van der Waals surface area contributed by atoms with E-state index in [-0.39, 0.29) is 72.2 Å². The maximum Gasteiger partial charge on any atom is 0.335 e. The van der Waals surface area contributed by atoms with Crippen LogP contribution in [-0.2, 0) is 20.0 Å². The van der Waals surface area contributed by atoms with E-state index in [1.54, 1.807) is 120 Å². The second-order valence-corrected chi connectivity index (χ2v) is 30.9. The van der Waals surface area contributed by atoms with Gasteiger partial charge in [-0.3, -0.25) is 94.7 Å². The maximum absolute atomic E-state index is 12.7. The van der Waals surface area contributed by atoms with Crippen molar-refractivity contribution < 1.29 is 70.6 Å². The van der Waals surface area contributed by atoms with Gasteiger partial charge in [-0.1, -0.05) is 67.7 Å². The van der Waals surface area contributed by atoms with Crippen molar-refractivity contribution in [3.63, 3.8) is 0 Å². The quantitative estimate of drug-likeness (QED) is 0.0216. The Morgan fingerprint density at radius 2 is 0.776 bits per heavy atom. The molecular weight excluding hydrogens is 1680 g/mol. The van der Waals surface area contributed by atoms with Crippen molar-refractivity contribution in [3.05, 3.63) is 289 Å². The van der Waals surface area contributed by atoms with Gasteiger partial charge in [0.1, 0.15) is 17.1 Å². The number of carbonyl (C=O) groups is 6. The molecule has 2 aliphatic heterocycles. The number of rotatable bonds is 18. The molecule has 9 heterocycles. The molecule has 636 valence electrons. The second kappa shape index (κ2) is 39.2. The zero-order valence-corrected chi connectivity index (χ0v) is 67.6. The van der Waals surface area contributed by atoms with Crippen LogP contribution in [0, 0.1) is 30.3 Å². The number of H-pyrrole nitrogens is 7. The minimum absolute atomic E-state index is 0.00284. The number of anilines is 2. The third kappa shape index (κ3) is 20.9. The van der Waals surface area contributed by atoms with Crippen LogP contribution in [0.4, 0.5) is 28.7 Å². The number of hydrogen-bond acceptors (Lipinski definition) is 24. The fraction of sp³-hybridized carbons (Fsp3) is 0.110. The zero-order valence-electron chi connectivity index (χ0n) is 65.2. The number of piperazine rings is 1. The molecule has 12 N–H and O–H groups in total. The van der Waals surface area contributed by atoms with E-state index in [1.807, 2.05) is 4.90 Å². The SMILES string of the molecule is C=C(Cl)c1n[nH]c2ccc([N+](=O)[O-])cc12.C=Cc1n[nH]c2ccc(C(=O)O)cc12.C=Cc1n[nH]c2ccc([N+](=O)[O-])cc12.O=C(c1ccc2[nH]nc(NS(=O)(=O)c3ccccc3)c2c1)N1CCCCC1.O=C(c1ccc2[nH]nc(NS(=O)(=O)c3ccccc3)c2c1)N1CCNCC1.O=Cc1[nH]nc2ccc(C(=O)O)cc12.O=Cc1[nH]nc2ccc([N+](=O)[O-])cc12. The van der Waals surface area contributed by atoms with E-state index in [0.29, 0.717) is 119 Å². The Bertz CT molecular complexity index is 6520. The number of carbonyl (C=O) groups excluding carboxylic acids is 4. The van der Waals surface area contributed by atoms with E-state index < -0.39 is 46.8 Å². The molecule has 0 aliphatic carbocycles. The Labute approximate surface area is 710 Å². The highest BCUT2D eigenvalue weighted by Gasteiger charge is 2.25. The molecule has 7 aromatic heterocycles. The maximum atomic E-state index is 12.7. The highest BCUT2D eigenvalue weighted by atomic mass is 35.5. The summed E-state index contributed by atoms with van der Waals surface area (Å²) in [5, 5.41) is 103. The van der Waals surface area contributed by atoms with E-state index in [9.17, 15) is 75.9 Å². The number of nitro groups is 3. The number of sulfonamides is 2. The summed E-state index contributed by atoms with van der Waals surface area (Å²) in [5.41, 5.74) is 8.43. The minimum atomic E-state index is -3.76. The van der Waals surface area contributed by atoms with Gasteiger partial charge >= 0.3 is 11.9 Å². The number of non-ortho nitro benzene ring substituents is 3. The third-order valence-corrected chi connectivity index (χ3v) is 22.0. The number of piperidine rings is 1. The molecule has 0 unspecified atom stereocenters. The van der Waals surface area contributed by atoms with Crippen LogP contribution in [-0.4, -0.2) is 199 Å². The highest BCUT2D eigenvalue weighted by molar-refractivity contribution is 7.93. The van der Waals surface area contributed by atoms with E-state index in [2.05, 4.69) is 106 Å². The first-order valence-electron chi connectivity index (χ1n) is 37.3. The topological polar surface area (TPSA) is 584 Å². The number of hydrogen-bond donors (Lipinski definition) is 12. The standard InChI is InChI=1S/C19H20N4O3S.C18H19N5O3S.C10H8N2O2.C9H6ClN3O2.C9H7N3O2.C9H6N2O3.C8H5N3O3/c24-19(23-11-5-2-6-12-23)14-9-10-17-16(13-14)18(21-20-17)22-27(25,26)15-7-3-1-4-8-15;24-18(23-10-8-19-9-11-23)13-6-7-16-15(12-13)17(21-20-16)22-27(25,26)14-4-2-1-3-5-14;1-2-8-7-5-6(10(13)14)3-4-9(7)12-11-8;1-5(10)9-7-4-6(13(14)15)2-3-8(7)11-12-9;1-2-8-7-5-6(12(13)14)3-4-9(7)11-10-8;12-4-8-6-3-5(9(13)14)1-2-7(6)10-11-8;12-4-8-6-3-5(11(13)14)1-2-7(6)9-10-8/h1,3-4,7-10,13H,2,5-6,11-12H2,(H2,20,21,22);1-7,12,19H,8-11H2,(H2,20,21,22);2-5H,1H2,(H,11,12)(H,13,14);2-4H,1H2,(H,11,12);2-5H,1H2,(H,10,11);1-4H,(H,10,11)(H,13,14);1-4H,(H,9,10). The van der Waals surface area contributed by atoms with Crippen molar-refractivity contribution in [2.75, 3.05) is 48.7 Å². The smallest absolute Gasteiger partial charge is 0.335 e. The summed E-state index contributed by atoms with van der Waals surface area (Å²) in [4.78, 5) is 102. The number of nitrogens with one attached hydrogen (secondary N) is 10. The summed E-state index contributed by atoms with van der Waals surface area (Å²) >= 11 is 5.71. The van der Waals surface area contributed by atoms with Gasteiger partial charge in [0, 0.05) is 124 Å². The van der Waals surface area contributed by atoms with Gasteiger partial charge in [0.2, 0.25) is 0 Å². The average molecular weight is 1750 g/mol. The average Bonchev–Trinajstić information content (AvgIpc) is 1.72. The molecule has 125 heavy (non-hydrogen) atoms. The summed E-state index contributed by atoms with van der Waals surface area (Å²) in [6, 6.07) is 48.9. The number of aldehydes is 2. The molecule has 43 heteroatoms. The molecular formula is C82H71ClN22O18S2. The second-order valence-electron chi connectivity index (χ2n) is 27.0. The molecule has 0 saturated carbocycles. The van der Waals surface area contributed by atoms with Gasteiger partial charge in [-0.05, 0) is 147 Å². The van der Waals surface area contributed by atoms with Crippen molar-refractivity contribution in [2.45, 2.75) is 29.1 Å². The van der Waals surface area contributed by atoms with Gasteiger partial charge in [0.05, 0.1) is 90.7 Å². The summed E-state index contributed by atoms with van der Waals surface area (Å²) in [5.74, 6) is -1.72. The molecule has 0 radical (unpaired) electrons. The van der Waals surface area contributed by atoms with Gasteiger partial charge in [0.25, 0.3) is 48.9 Å². The highest BCUT2D eigenvalue weighted by Crippen LogP contribution is 2.32. The number of fused-ring (bicyclic) bond motifs is 7. The molecule has 0 atom stereocenters. The van der Waals surface area contributed by atoms with Crippen molar-refractivity contribution in [3.8, 4) is 0 Å². The van der Waals surface area contributed by atoms with E-state index >= 15 is 0 Å². The Morgan fingerprint density at radius 3 is 1.22 bits per heavy atom. The fourth-order valence-corrected chi connectivity index (χ4v) is 15.0. The third-order valence-electron chi connectivity index (χ3n) is 19.1. The summed E-state index contributed by atoms with van der Waals surface area (Å²) in [6.07, 6.45) is 7.52. The lowest BCUT2D eigenvalue weighted by Crippen LogP contribution is -2.46. The lowest BCUT2D eigenvalue weighted by molar-refractivity contribution is -0.384. The summed E-state index contributed by atoms with van der Waals surface area (Å²) in [6.45, 7) is 15.1. The number of amides is 2. The molecule has 18 rings (SSSR count). The molecule has 0 bridgehead atoms. The van der Waals surface area contributed by atoms with E-state index in [0.717, 1.165) is 61.9 Å². The fourth-order valence-electron chi connectivity index (χ4n) is 12.8. The van der Waals surface area contributed by atoms with Crippen molar-refractivity contribution in [1.82, 2.24) is 86.5 Å². The predicted molar refractivity (Wildman–Crippen MR) is 465 cm³/mol. The van der Waals surface area contributed by atoms with Crippen LogP contribution in [0.5, 0.6) is 0 Å². The van der Waals surface area contributed by atoms with Crippen LogP contribution in [0.3, 0.4) is 0 Å². The minimum Gasteiger partial charge on any atom is -0.478 e. The Balaban J connectivity index is 0.000000136. The summed E-state index contributed by atoms with van der Waals surface area (Å²) < 4.78 is 55.3. The molecule has 2 saturated heterocycles. The lowest BCUT2D eigenvalue weighted by atomic mass is 10.1. The number of benzene rings is 9. The number of carboxylic acids is 2. The number of likely N-dealkylation sites (tertiary alicyclic amines) is 1. The van der Waals surface area contributed by atoms with Gasteiger partial charge in [-0.15, -0.1) is 0 Å². The number of aromatic carboxylic acids is 2. The van der Waals surface area contributed by atoms with Crippen LogP contribution < -0.4 is 14.8 Å². The number of aromatic amines is 7. The predicted octanol–water partition coefficient (Wildman–Crippen LogP) is 13.5. The Morgan fingerprint density at radius 1 is 0.424 bits per heavy atom. The van der Waals surface area contributed by atoms with Gasteiger partial charge in [0.15, 0.2) is 24.2 Å². The number of halogens is 1. The number of carboxylic acid groups (broad SMARTS) is 2. The van der Waals surface area contributed by atoms with E-state index in [1.165, 1.54) is 84.9 Å². The largest absolute Gasteiger partial charge is 0.478 e. The van der Waals surface area contributed by atoms with Crippen LogP contribution in [0.2, 0.25) is 0 Å². The van der Waals surface area contributed by atoms with Crippen molar-refractivity contribution in [2.24, 2.45) is 0 Å². The molecule has 2 fully saturated rings. The molecule has 2 amide bonds. The number of aromatic nitrogens is 14. The van der Waals surface area contributed by atoms with Crippen molar-refractivity contribution in [1.29, 1.82) is 0 Å². The molecule has 2 aliphatic rings. The Hall–Kier alpha value is -16.3. The van der Waals surface area contributed by atoms with Crippen LogP contribution in [0.15, 0.2) is 218 Å². The molecule has 40 nitrogen and oxygen atoms in total. The van der Waals surface area contributed by atoms with Gasteiger partial charge in [-0.25, -0.2) is 26.4 Å². The monoisotopic (exact) mass is 1750 g/mol. The van der Waals surface area contributed by atoms with Crippen LogP contribution in [0.25, 0.3) is 93.5 Å². The summed E-state index contributed by atoms with van der Waals surface area (Å²) in [7, 11) is -7.52. The first-order chi connectivity index (χ1) is 60.1. The normalized spacial score (nSPS) is 12.4. The van der Waals surface area contributed by atoms with Gasteiger partial charge in [-0.2, -0.15) is 35.7 Å². The van der Waals surface area contributed by atoms with Gasteiger partial charge < -0.3 is 25.3 Å². The zero-order chi connectivity index (χ0) is 89.2. The van der Waals surface area contributed by atoms with E-state index in [4.69, 9.17) is 21.8 Å². The number of nitrogens with zero attached hydrogens (tertiary/aromatic N) is 12. The molecule has 0 spiro atoms. The first-order valence-corrected chi connectivity index (χ1v) is 40.6. The number of nitro benzene ring substituents is 3. The molecule has 16 aromatic rings. The van der Waals surface area contributed by atoms with Crippen molar-refractivity contribution >= 4 is 190 Å². The lowest BCUT2D eigenvalue weighted by Gasteiger charge is -2.27. The first kappa shape index (κ1) is 88.0.